The van der Waals surface area contributed by atoms with E-state index in [2.05, 4.69) is 0 Å². The first-order chi connectivity index (χ1) is 10.8. The molecule has 0 radical (unpaired) electrons. The Labute approximate surface area is 138 Å². The minimum atomic E-state index is -3.54. The number of piperidine rings is 1. The number of rotatable bonds is 5. The van der Waals surface area contributed by atoms with Gasteiger partial charge in [0.2, 0.25) is 15.9 Å². The summed E-state index contributed by atoms with van der Waals surface area (Å²) < 4.78 is 23.0. The number of sulfonamides is 1. The molecule has 0 aliphatic carbocycles. The second-order valence-electron chi connectivity index (χ2n) is 6.26. The van der Waals surface area contributed by atoms with Gasteiger partial charge in [0, 0.05) is 20.1 Å². The third-order valence-electron chi connectivity index (χ3n) is 4.38. The number of likely N-dealkylation sites (tertiary alicyclic amines) is 1. The van der Waals surface area contributed by atoms with Gasteiger partial charge in [0.05, 0.1) is 11.8 Å². The first-order valence-electron chi connectivity index (χ1n) is 7.80. The Balaban J connectivity index is 1.92. The highest BCUT2D eigenvalue weighted by molar-refractivity contribution is 7.89. The molecule has 128 valence electrons. The predicted octanol–water partition coefficient (Wildman–Crippen LogP) is 0.706. The van der Waals surface area contributed by atoms with Crippen LogP contribution in [-0.4, -0.2) is 56.1 Å². The molecule has 1 aromatic carbocycles. The topological polar surface area (TPSA) is 83.7 Å². The summed E-state index contributed by atoms with van der Waals surface area (Å²) in [6.45, 7) is 3.88. The molecule has 2 N–H and O–H groups in total. The lowest BCUT2D eigenvalue weighted by Crippen LogP contribution is -2.48. The van der Waals surface area contributed by atoms with Crippen LogP contribution in [-0.2, 0) is 21.4 Å². The molecule has 1 fully saturated rings. The van der Waals surface area contributed by atoms with Crippen molar-refractivity contribution in [3.8, 4) is 0 Å². The molecule has 2 rings (SSSR count). The highest BCUT2D eigenvalue weighted by Crippen LogP contribution is 2.16. The van der Waals surface area contributed by atoms with Gasteiger partial charge in [-0.1, -0.05) is 24.3 Å². The smallest absolute Gasteiger partial charge is 0.236 e. The van der Waals surface area contributed by atoms with Gasteiger partial charge in [-0.05, 0) is 37.4 Å². The van der Waals surface area contributed by atoms with Crippen molar-refractivity contribution in [3.63, 3.8) is 0 Å². The second-order valence-corrected chi connectivity index (χ2v) is 8.11. The Morgan fingerprint density at radius 2 is 2.09 bits per heavy atom. The van der Waals surface area contributed by atoms with Crippen LogP contribution in [0, 0.1) is 6.92 Å². The third kappa shape index (κ3) is 5.02. The van der Waals surface area contributed by atoms with Crippen molar-refractivity contribution < 1.29 is 13.2 Å². The summed E-state index contributed by atoms with van der Waals surface area (Å²) in [5.74, 6) is -0.0108. The van der Waals surface area contributed by atoms with Crippen LogP contribution in [0.15, 0.2) is 24.3 Å². The van der Waals surface area contributed by atoms with E-state index in [4.69, 9.17) is 5.14 Å². The molecule has 0 bridgehead atoms. The van der Waals surface area contributed by atoms with E-state index in [0.29, 0.717) is 19.5 Å². The number of carbonyl (C=O) groups excluding carboxylic acids is 1. The van der Waals surface area contributed by atoms with E-state index in [1.54, 1.807) is 11.9 Å². The van der Waals surface area contributed by atoms with Crippen LogP contribution in [0.3, 0.4) is 0 Å². The van der Waals surface area contributed by atoms with E-state index >= 15 is 0 Å². The zero-order chi connectivity index (χ0) is 17.0. The zero-order valence-electron chi connectivity index (χ0n) is 13.7. The molecule has 23 heavy (non-hydrogen) atoms. The standard InChI is InChI=1S/C16H25N3O3S/c1-13-6-3-4-7-14(13)10-18(2)16(20)12-19-9-5-8-15(11-19)23(17,21)22/h3-4,6-7,15H,5,8-12H2,1-2H3,(H2,17,21,22). The Morgan fingerprint density at radius 1 is 1.39 bits per heavy atom. The summed E-state index contributed by atoms with van der Waals surface area (Å²) in [6, 6.07) is 7.97. The molecule has 0 aromatic heterocycles. The molecule has 1 heterocycles. The van der Waals surface area contributed by atoms with Crippen molar-refractivity contribution in [2.24, 2.45) is 5.14 Å². The number of primary sulfonamides is 1. The van der Waals surface area contributed by atoms with Gasteiger partial charge in [-0.3, -0.25) is 9.69 Å². The highest BCUT2D eigenvalue weighted by Gasteiger charge is 2.29. The van der Waals surface area contributed by atoms with Crippen LogP contribution < -0.4 is 5.14 Å². The largest absolute Gasteiger partial charge is 0.340 e. The number of carbonyl (C=O) groups is 1. The average Bonchev–Trinajstić information content (AvgIpc) is 2.49. The van der Waals surface area contributed by atoms with Crippen LogP contribution in [0.2, 0.25) is 0 Å². The number of nitrogens with two attached hydrogens (primary N) is 1. The van der Waals surface area contributed by atoms with E-state index in [1.807, 2.05) is 36.1 Å². The summed E-state index contributed by atoms with van der Waals surface area (Å²) in [5.41, 5.74) is 2.27. The number of likely N-dealkylation sites (N-methyl/N-ethyl adjacent to an activating group) is 1. The average molecular weight is 339 g/mol. The van der Waals surface area contributed by atoms with Gasteiger partial charge >= 0.3 is 0 Å². The molecule has 1 aliphatic heterocycles. The number of nitrogens with zero attached hydrogens (tertiary/aromatic N) is 2. The van der Waals surface area contributed by atoms with Crippen molar-refractivity contribution in [3.05, 3.63) is 35.4 Å². The molecule has 1 aromatic rings. The Kier molecular flexibility index (Phi) is 5.78. The number of benzene rings is 1. The lowest BCUT2D eigenvalue weighted by atomic mass is 10.1. The van der Waals surface area contributed by atoms with Crippen molar-refractivity contribution >= 4 is 15.9 Å². The Morgan fingerprint density at radius 3 is 2.74 bits per heavy atom. The Bertz CT molecular complexity index is 660. The van der Waals surface area contributed by atoms with Crippen LogP contribution in [0.1, 0.15) is 24.0 Å². The molecular formula is C16H25N3O3S. The van der Waals surface area contributed by atoms with Gasteiger partial charge in [-0.25, -0.2) is 13.6 Å². The second kappa shape index (κ2) is 7.42. The van der Waals surface area contributed by atoms with Crippen molar-refractivity contribution in [1.29, 1.82) is 0 Å². The monoisotopic (exact) mass is 339 g/mol. The third-order valence-corrected chi connectivity index (χ3v) is 5.69. The molecule has 0 saturated carbocycles. The van der Waals surface area contributed by atoms with Gasteiger partial charge in [0.25, 0.3) is 0 Å². The number of hydrogen-bond donors (Lipinski definition) is 1. The summed E-state index contributed by atoms with van der Waals surface area (Å²) >= 11 is 0. The lowest BCUT2D eigenvalue weighted by Gasteiger charge is -2.32. The molecule has 1 unspecified atom stereocenters. The maximum Gasteiger partial charge on any atom is 0.236 e. The molecule has 1 amide bonds. The molecule has 1 aliphatic rings. The van der Waals surface area contributed by atoms with E-state index in [0.717, 1.165) is 24.1 Å². The van der Waals surface area contributed by atoms with Crippen LogP contribution >= 0.6 is 0 Å². The van der Waals surface area contributed by atoms with Gasteiger partial charge in [0.15, 0.2) is 0 Å². The molecule has 0 spiro atoms. The van der Waals surface area contributed by atoms with E-state index < -0.39 is 15.3 Å². The summed E-state index contributed by atoms with van der Waals surface area (Å²) in [6.07, 6.45) is 1.32. The van der Waals surface area contributed by atoms with Crippen molar-refractivity contribution in [2.75, 3.05) is 26.7 Å². The zero-order valence-corrected chi connectivity index (χ0v) is 14.6. The summed E-state index contributed by atoms with van der Waals surface area (Å²) in [4.78, 5) is 16.0. The van der Waals surface area contributed by atoms with Gasteiger partial charge in [0.1, 0.15) is 0 Å². The summed E-state index contributed by atoms with van der Waals surface area (Å²) in [5, 5.41) is 4.67. The first kappa shape index (κ1) is 17.9. The lowest BCUT2D eigenvalue weighted by molar-refractivity contribution is -0.131. The van der Waals surface area contributed by atoms with Gasteiger partial charge in [-0.2, -0.15) is 0 Å². The van der Waals surface area contributed by atoms with Crippen molar-refractivity contribution in [1.82, 2.24) is 9.80 Å². The van der Waals surface area contributed by atoms with E-state index in [9.17, 15) is 13.2 Å². The Hall–Kier alpha value is -1.44. The van der Waals surface area contributed by atoms with E-state index in [-0.39, 0.29) is 12.5 Å². The van der Waals surface area contributed by atoms with Gasteiger partial charge < -0.3 is 4.90 Å². The quantitative estimate of drug-likeness (QED) is 0.856. The predicted molar refractivity (Wildman–Crippen MR) is 90.2 cm³/mol. The normalized spacial score (nSPS) is 19.5. The maximum absolute atomic E-state index is 12.4. The van der Waals surface area contributed by atoms with Crippen LogP contribution in [0.4, 0.5) is 0 Å². The van der Waals surface area contributed by atoms with Crippen molar-refractivity contribution in [2.45, 2.75) is 31.6 Å². The maximum atomic E-state index is 12.4. The number of hydrogen-bond acceptors (Lipinski definition) is 4. The number of amides is 1. The fourth-order valence-corrected chi connectivity index (χ4v) is 3.78. The molecular weight excluding hydrogens is 314 g/mol. The molecule has 7 heteroatoms. The van der Waals surface area contributed by atoms with Crippen LogP contribution in [0.5, 0.6) is 0 Å². The fraction of sp³-hybridized carbons (Fsp3) is 0.562. The molecule has 1 saturated heterocycles. The van der Waals surface area contributed by atoms with Gasteiger partial charge in [-0.15, -0.1) is 0 Å². The SMILES string of the molecule is Cc1ccccc1CN(C)C(=O)CN1CCCC(S(N)(=O)=O)C1. The first-order valence-corrected chi connectivity index (χ1v) is 9.41. The van der Waals surface area contributed by atoms with E-state index in [1.165, 1.54) is 0 Å². The highest BCUT2D eigenvalue weighted by atomic mass is 32.2. The minimum absolute atomic E-state index is 0.0108. The minimum Gasteiger partial charge on any atom is -0.340 e. The molecule has 6 nitrogen and oxygen atoms in total. The van der Waals surface area contributed by atoms with Crippen LogP contribution in [0.25, 0.3) is 0 Å². The number of aryl methyl sites for hydroxylation is 1. The molecule has 1 atom stereocenters. The summed E-state index contributed by atoms with van der Waals surface area (Å²) in [7, 11) is -1.76. The fourth-order valence-electron chi connectivity index (χ4n) is 2.87.